The third-order valence-corrected chi connectivity index (χ3v) is 6.78. The monoisotopic (exact) mass is 647 g/mol. The number of aromatic nitrogens is 5. The molecule has 0 unspecified atom stereocenters. The molecule has 0 spiro atoms. The lowest BCUT2D eigenvalue weighted by atomic mass is 10.3. The van der Waals surface area contributed by atoms with Crippen molar-refractivity contribution < 1.29 is 24.0 Å². The van der Waals surface area contributed by atoms with E-state index in [1.807, 2.05) is 6.07 Å². The summed E-state index contributed by atoms with van der Waals surface area (Å²) in [6, 6.07) is 7.80. The fourth-order valence-corrected chi connectivity index (χ4v) is 4.46. The number of amides is 5. The summed E-state index contributed by atoms with van der Waals surface area (Å²) in [4.78, 5) is 63.1. The average molecular weight is 648 g/mol. The van der Waals surface area contributed by atoms with Gasteiger partial charge in [-0.15, -0.1) is 0 Å². The van der Waals surface area contributed by atoms with Crippen molar-refractivity contribution in [3.63, 3.8) is 0 Å². The molecule has 16 nitrogen and oxygen atoms in total. The van der Waals surface area contributed by atoms with Crippen LogP contribution in [-0.4, -0.2) is 59.6 Å². The second-order valence-electron chi connectivity index (χ2n) is 10.1. The van der Waals surface area contributed by atoms with E-state index < -0.39 is 23.6 Å². The summed E-state index contributed by atoms with van der Waals surface area (Å²) < 4.78 is 5.88. The first-order valence-electron chi connectivity index (χ1n) is 13.6. The molecular formula is C29H30ClN11O5. The Hall–Kier alpha value is -6.08. The van der Waals surface area contributed by atoms with Crippen molar-refractivity contribution in [2.75, 3.05) is 27.8 Å². The topological polar surface area (TPSA) is 202 Å². The smallest absolute Gasteiger partial charge is 0.274 e. The van der Waals surface area contributed by atoms with E-state index in [2.05, 4.69) is 38.3 Å². The molecule has 4 heterocycles. The quantitative estimate of drug-likeness (QED) is 0.121. The molecule has 0 atom stereocenters. The molecule has 17 heteroatoms. The van der Waals surface area contributed by atoms with Crippen LogP contribution in [0.4, 0.5) is 22.9 Å². The second kappa shape index (κ2) is 13.7. The maximum absolute atomic E-state index is 13.1. The van der Waals surface area contributed by atoms with E-state index in [1.54, 1.807) is 44.3 Å². The summed E-state index contributed by atoms with van der Waals surface area (Å²) in [6.07, 6.45) is 4.87. The van der Waals surface area contributed by atoms with Gasteiger partial charge in [0.2, 0.25) is 0 Å². The number of nitriles is 1. The van der Waals surface area contributed by atoms with Gasteiger partial charge in [-0.05, 0) is 18.2 Å². The third kappa shape index (κ3) is 7.52. The minimum Gasteiger partial charge on any atom is -0.350 e. The highest BCUT2D eigenvalue weighted by Crippen LogP contribution is 2.20. The Labute approximate surface area is 267 Å². The summed E-state index contributed by atoms with van der Waals surface area (Å²) in [7, 11) is 6.45. The van der Waals surface area contributed by atoms with Crippen molar-refractivity contribution in [3.8, 4) is 6.07 Å². The van der Waals surface area contributed by atoms with E-state index in [0.717, 1.165) is 0 Å². The lowest BCUT2D eigenvalue weighted by molar-refractivity contribution is -0.112. The standard InChI is InChI=1S/C29H30ClN11O5/c1-16(30)25(42)36-24-12-23(41(5)37-24)29(46)35-19-11-22(40(4)15-19)28(45)34-18-10-21(39(3)14-18)27(44)33-17-9-20(38(2)13-17)26(43)32-8-6-7-31/h9-15H,1,6,8H2,2-5H3,(H,32,43)(H,33,44)(H,34,45)(H,35,46)(H,36,37,42). The molecule has 4 aromatic rings. The molecule has 0 aliphatic carbocycles. The summed E-state index contributed by atoms with van der Waals surface area (Å²) in [5.74, 6) is -2.44. The molecular weight excluding hydrogens is 618 g/mol. The summed E-state index contributed by atoms with van der Waals surface area (Å²) in [6.45, 7) is 3.54. The van der Waals surface area contributed by atoms with Crippen LogP contribution in [0.3, 0.4) is 0 Å². The van der Waals surface area contributed by atoms with Crippen molar-refractivity contribution in [2.45, 2.75) is 6.42 Å². The molecule has 0 bridgehead atoms. The molecule has 0 aliphatic heterocycles. The van der Waals surface area contributed by atoms with E-state index in [9.17, 15) is 24.0 Å². The molecule has 0 fully saturated rings. The van der Waals surface area contributed by atoms with Crippen molar-refractivity contribution in [3.05, 3.63) is 77.2 Å². The number of hydrogen-bond donors (Lipinski definition) is 5. The van der Waals surface area contributed by atoms with E-state index in [4.69, 9.17) is 16.9 Å². The van der Waals surface area contributed by atoms with Crippen LogP contribution in [0.2, 0.25) is 0 Å². The number of nitrogens with one attached hydrogen (secondary N) is 5. The zero-order valence-electron chi connectivity index (χ0n) is 25.3. The van der Waals surface area contributed by atoms with E-state index in [1.165, 1.54) is 45.1 Å². The van der Waals surface area contributed by atoms with Crippen LogP contribution in [0.1, 0.15) is 48.4 Å². The zero-order valence-corrected chi connectivity index (χ0v) is 26.0. The molecule has 5 N–H and O–H groups in total. The maximum atomic E-state index is 13.1. The Bertz CT molecular complexity index is 1920. The second-order valence-corrected chi connectivity index (χ2v) is 10.6. The highest BCUT2D eigenvalue weighted by Gasteiger charge is 2.20. The van der Waals surface area contributed by atoms with Gasteiger partial charge in [0, 0.05) is 59.4 Å². The molecule has 0 radical (unpaired) electrons. The van der Waals surface area contributed by atoms with Gasteiger partial charge in [0.1, 0.15) is 22.8 Å². The summed E-state index contributed by atoms with van der Waals surface area (Å²) >= 11 is 5.58. The first-order valence-corrected chi connectivity index (χ1v) is 13.9. The molecule has 0 saturated heterocycles. The normalized spacial score (nSPS) is 10.5. The third-order valence-electron chi connectivity index (χ3n) is 6.61. The predicted molar refractivity (Wildman–Crippen MR) is 169 cm³/mol. The van der Waals surface area contributed by atoms with Crippen LogP contribution in [0.25, 0.3) is 0 Å². The lowest BCUT2D eigenvalue weighted by Gasteiger charge is -2.03. The molecule has 4 aromatic heterocycles. The Morgan fingerprint density at radius 1 is 0.739 bits per heavy atom. The van der Waals surface area contributed by atoms with Crippen LogP contribution in [0.5, 0.6) is 0 Å². The van der Waals surface area contributed by atoms with Crippen LogP contribution in [0, 0.1) is 11.3 Å². The minimum absolute atomic E-state index is 0.104. The van der Waals surface area contributed by atoms with E-state index in [0.29, 0.717) is 22.8 Å². The largest absolute Gasteiger partial charge is 0.350 e. The number of hydrogen-bond acceptors (Lipinski definition) is 7. The molecule has 0 aromatic carbocycles. The number of carbonyl (C=O) groups is 5. The van der Waals surface area contributed by atoms with Gasteiger partial charge in [-0.1, -0.05) is 18.2 Å². The van der Waals surface area contributed by atoms with Crippen molar-refractivity contribution >= 4 is 64.0 Å². The van der Waals surface area contributed by atoms with Gasteiger partial charge in [-0.3, -0.25) is 28.7 Å². The number of aryl methyl sites for hydroxylation is 4. The minimum atomic E-state index is -0.655. The van der Waals surface area contributed by atoms with Crippen LogP contribution in [-0.2, 0) is 33.0 Å². The molecule has 5 amide bonds. The number of anilines is 4. The average Bonchev–Trinajstić information content (AvgIpc) is 3.74. The molecule has 46 heavy (non-hydrogen) atoms. The first-order chi connectivity index (χ1) is 21.8. The maximum Gasteiger partial charge on any atom is 0.274 e. The van der Waals surface area contributed by atoms with Crippen molar-refractivity contribution in [1.82, 2.24) is 28.8 Å². The number of rotatable bonds is 11. The fraction of sp³-hybridized carbons (Fsp3) is 0.207. The van der Waals surface area contributed by atoms with Gasteiger partial charge in [-0.25, -0.2) is 0 Å². The molecule has 4 rings (SSSR count). The van der Waals surface area contributed by atoms with Gasteiger partial charge < -0.3 is 40.3 Å². The summed E-state index contributed by atoms with van der Waals surface area (Å²) in [5.41, 5.74) is 1.95. The Kier molecular flexibility index (Phi) is 9.77. The molecule has 0 aliphatic rings. The van der Waals surface area contributed by atoms with Crippen molar-refractivity contribution in [1.29, 1.82) is 5.26 Å². The molecule has 0 saturated carbocycles. The van der Waals surface area contributed by atoms with Gasteiger partial charge >= 0.3 is 0 Å². The Balaban J connectivity index is 1.39. The summed E-state index contributed by atoms with van der Waals surface area (Å²) in [5, 5.41) is 25.7. The van der Waals surface area contributed by atoms with Gasteiger partial charge in [0.25, 0.3) is 29.5 Å². The number of nitrogens with zero attached hydrogens (tertiary/aromatic N) is 6. The number of carbonyl (C=O) groups excluding carboxylic acids is 5. The Morgan fingerprint density at radius 2 is 1.17 bits per heavy atom. The SMILES string of the molecule is C=C(Cl)C(=O)Nc1cc(C(=O)Nc2cc(C(=O)Nc3cc(C(=O)Nc4cc(C(=O)NCCC#N)n(C)c4)n(C)c3)n(C)c2)n(C)n1. The zero-order chi connectivity index (χ0) is 33.7. The van der Waals surface area contributed by atoms with Crippen molar-refractivity contribution in [2.24, 2.45) is 28.2 Å². The van der Waals surface area contributed by atoms with Gasteiger partial charge in [0.15, 0.2) is 5.82 Å². The van der Waals surface area contributed by atoms with Gasteiger partial charge in [-0.2, -0.15) is 10.4 Å². The highest BCUT2D eigenvalue weighted by molar-refractivity contribution is 6.43. The number of halogens is 1. The van der Waals surface area contributed by atoms with Crippen LogP contribution in [0.15, 0.2) is 54.5 Å². The van der Waals surface area contributed by atoms with E-state index in [-0.39, 0.29) is 46.8 Å². The van der Waals surface area contributed by atoms with Crippen LogP contribution >= 0.6 is 11.6 Å². The highest BCUT2D eigenvalue weighted by atomic mass is 35.5. The fourth-order valence-electron chi connectivity index (χ4n) is 4.41. The lowest BCUT2D eigenvalue weighted by Crippen LogP contribution is -2.25. The Morgan fingerprint density at radius 3 is 1.61 bits per heavy atom. The molecule has 238 valence electrons. The first kappa shape index (κ1) is 32.8. The predicted octanol–water partition coefficient (Wildman–Crippen LogP) is 2.53. The van der Waals surface area contributed by atoms with E-state index >= 15 is 0 Å². The van der Waals surface area contributed by atoms with Crippen LogP contribution < -0.4 is 26.6 Å². The van der Waals surface area contributed by atoms with Gasteiger partial charge in [0.05, 0.1) is 34.6 Å².